The molecule has 0 bridgehead atoms. The van der Waals surface area contributed by atoms with Crippen LogP contribution in [0.1, 0.15) is 0 Å². The van der Waals surface area contributed by atoms with Crippen molar-refractivity contribution in [3.05, 3.63) is 30.3 Å². The van der Waals surface area contributed by atoms with Gasteiger partial charge in [-0.1, -0.05) is 18.2 Å². The summed E-state index contributed by atoms with van der Waals surface area (Å²) in [5.74, 6) is 0. The van der Waals surface area contributed by atoms with E-state index in [1.165, 1.54) is 0 Å². The van der Waals surface area contributed by atoms with E-state index in [4.69, 9.17) is 5.73 Å². The number of aromatic nitrogens is 4. The first-order chi connectivity index (χ1) is 6.86. The summed E-state index contributed by atoms with van der Waals surface area (Å²) in [5, 5.41) is 12.4. The lowest BCUT2D eigenvalue weighted by Gasteiger charge is -2.00. The molecular formula is C9H7N5. The van der Waals surface area contributed by atoms with Crippen LogP contribution in [0.3, 0.4) is 0 Å². The van der Waals surface area contributed by atoms with Crippen LogP contribution in [-0.2, 0) is 0 Å². The van der Waals surface area contributed by atoms with Gasteiger partial charge in [0.15, 0.2) is 0 Å². The van der Waals surface area contributed by atoms with Crippen LogP contribution in [0.5, 0.6) is 0 Å². The summed E-state index contributed by atoms with van der Waals surface area (Å²) in [6, 6.07) is 9.71. The average Bonchev–Trinajstić information content (AvgIpc) is 2.67. The van der Waals surface area contributed by atoms with Gasteiger partial charge < -0.3 is 5.73 Å². The molecule has 0 spiro atoms. The highest BCUT2D eigenvalue weighted by Crippen LogP contribution is 2.19. The predicted octanol–water partition coefficient (Wildman–Crippen LogP) is 0.860. The molecule has 0 unspecified atom stereocenters. The van der Waals surface area contributed by atoms with Crippen molar-refractivity contribution in [3.8, 4) is 0 Å². The SMILES string of the molecule is Nc1cc2ccccc2n2nnnc12. The van der Waals surface area contributed by atoms with Gasteiger partial charge in [-0.15, -0.1) is 5.10 Å². The predicted molar refractivity (Wildman–Crippen MR) is 52.7 cm³/mol. The largest absolute Gasteiger partial charge is 0.396 e. The number of anilines is 1. The van der Waals surface area contributed by atoms with Crippen molar-refractivity contribution in [1.82, 2.24) is 20.0 Å². The van der Waals surface area contributed by atoms with Crippen LogP contribution >= 0.6 is 0 Å². The smallest absolute Gasteiger partial charge is 0.202 e. The number of hydrogen-bond donors (Lipinski definition) is 1. The van der Waals surface area contributed by atoms with Gasteiger partial charge in [-0.05, 0) is 22.6 Å². The summed E-state index contributed by atoms with van der Waals surface area (Å²) in [4.78, 5) is 0. The molecule has 2 heterocycles. The first-order valence-corrected chi connectivity index (χ1v) is 4.21. The van der Waals surface area contributed by atoms with Crippen molar-refractivity contribution in [1.29, 1.82) is 0 Å². The van der Waals surface area contributed by atoms with E-state index in [9.17, 15) is 0 Å². The van der Waals surface area contributed by atoms with Crippen LogP contribution in [-0.4, -0.2) is 20.0 Å². The fourth-order valence-corrected chi connectivity index (χ4v) is 1.56. The second-order valence-corrected chi connectivity index (χ2v) is 3.07. The molecular weight excluding hydrogens is 178 g/mol. The molecule has 0 saturated heterocycles. The molecule has 5 heteroatoms. The summed E-state index contributed by atoms with van der Waals surface area (Å²) in [6.07, 6.45) is 0. The molecule has 0 radical (unpaired) electrons. The molecule has 3 aromatic rings. The number of fused-ring (bicyclic) bond motifs is 3. The normalized spacial score (nSPS) is 11.1. The van der Waals surface area contributed by atoms with Gasteiger partial charge in [0, 0.05) is 5.39 Å². The number of nitrogen functional groups attached to an aromatic ring is 1. The Bertz CT molecular complexity index is 613. The summed E-state index contributed by atoms with van der Waals surface area (Å²) >= 11 is 0. The Balaban J connectivity index is 2.66. The molecule has 0 atom stereocenters. The number of rotatable bonds is 0. The lowest BCUT2D eigenvalue weighted by molar-refractivity contribution is 0.842. The maximum atomic E-state index is 5.80. The first-order valence-electron chi connectivity index (χ1n) is 4.21. The number of benzene rings is 1. The molecule has 0 saturated carbocycles. The van der Waals surface area contributed by atoms with E-state index < -0.39 is 0 Å². The standard InChI is InChI=1S/C9H7N5/c10-7-5-6-3-1-2-4-8(6)14-9(7)11-12-13-14/h1-5H,10H2. The zero-order valence-corrected chi connectivity index (χ0v) is 7.25. The molecule has 2 aromatic heterocycles. The second-order valence-electron chi connectivity index (χ2n) is 3.07. The van der Waals surface area contributed by atoms with Crippen LogP contribution in [0.15, 0.2) is 30.3 Å². The molecule has 14 heavy (non-hydrogen) atoms. The number of hydrogen-bond acceptors (Lipinski definition) is 4. The van der Waals surface area contributed by atoms with Crippen molar-refractivity contribution in [3.63, 3.8) is 0 Å². The average molecular weight is 185 g/mol. The van der Waals surface area contributed by atoms with Crippen LogP contribution < -0.4 is 5.73 Å². The van der Waals surface area contributed by atoms with E-state index in [0.717, 1.165) is 10.9 Å². The van der Waals surface area contributed by atoms with Crippen molar-refractivity contribution in [2.24, 2.45) is 0 Å². The number of nitrogens with two attached hydrogens (primary N) is 1. The van der Waals surface area contributed by atoms with Crippen molar-refractivity contribution in [2.45, 2.75) is 0 Å². The maximum Gasteiger partial charge on any atom is 0.202 e. The summed E-state index contributed by atoms with van der Waals surface area (Å²) in [5.41, 5.74) is 7.96. The molecule has 0 aliphatic carbocycles. The number of para-hydroxylation sites is 1. The fraction of sp³-hybridized carbons (Fsp3) is 0. The lowest BCUT2D eigenvalue weighted by atomic mass is 10.2. The van der Waals surface area contributed by atoms with E-state index in [2.05, 4.69) is 15.5 Å². The maximum absolute atomic E-state index is 5.80. The number of pyridine rings is 1. The minimum atomic E-state index is 0.591. The van der Waals surface area contributed by atoms with Crippen LogP contribution in [0, 0.1) is 0 Å². The topological polar surface area (TPSA) is 69.1 Å². The Morgan fingerprint density at radius 3 is 3.00 bits per heavy atom. The monoisotopic (exact) mass is 185 g/mol. The molecule has 0 fully saturated rings. The third-order valence-corrected chi connectivity index (χ3v) is 2.20. The Morgan fingerprint density at radius 1 is 1.21 bits per heavy atom. The molecule has 3 rings (SSSR count). The molecule has 1 aromatic carbocycles. The zero-order valence-electron chi connectivity index (χ0n) is 7.25. The Labute approximate surface area is 79.1 Å². The van der Waals surface area contributed by atoms with Gasteiger partial charge >= 0.3 is 0 Å². The van der Waals surface area contributed by atoms with E-state index in [0.29, 0.717) is 11.3 Å². The molecule has 5 nitrogen and oxygen atoms in total. The highest BCUT2D eigenvalue weighted by Gasteiger charge is 2.05. The molecule has 0 amide bonds. The minimum Gasteiger partial charge on any atom is -0.396 e. The number of tetrazole rings is 1. The minimum absolute atomic E-state index is 0.591. The van der Waals surface area contributed by atoms with Gasteiger partial charge in [-0.2, -0.15) is 4.52 Å². The van der Waals surface area contributed by atoms with Gasteiger partial charge in [0.05, 0.1) is 11.2 Å². The van der Waals surface area contributed by atoms with Crippen molar-refractivity contribution in [2.75, 3.05) is 5.73 Å². The number of nitrogens with zero attached hydrogens (tertiary/aromatic N) is 4. The molecule has 0 aliphatic heterocycles. The van der Waals surface area contributed by atoms with Crippen LogP contribution in [0.4, 0.5) is 5.69 Å². The Morgan fingerprint density at radius 2 is 2.07 bits per heavy atom. The summed E-state index contributed by atoms with van der Waals surface area (Å²) < 4.78 is 1.64. The molecule has 68 valence electrons. The van der Waals surface area contributed by atoms with E-state index >= 15 is 0 Å². The third-order valence-electron chi connectivity index (χ3n) is 2.20. The van der Waals surface area contributed by atoms with Gasteiger partial charge in [-0.25, -0.2) is 0 Å². The highest BCUT2D eigenvalue weighted by atomic mass is 15.5. The van der Waals surface area contributed by atoms with Crippen LogP contribution in [0.25, 0.3) is 16.6 Å². The second kappa shape index (κ2) is 2.41. The lowest BCUT2D eigenvalue weighted by Crippen LogP contribution is -1.95. The Kier molecular flexibility index (Phi) is 1.25. The molecule has 2 N–H and O–H groups in total. The van der Waals surface area contributed by atoms with Gasteiger partial charge in [0.1, 0.15) is 0 Å². The first kappa shape index (κ1) is 7.25. The highest BCUT2D eigenvalue weighted by molar-refractivity contribution is 5.87. The van der Waals surface area contributed by atoms with E-state index in [-0.39, 0.29) is 0 Å². The van der Waals surface area contributed by atoms with Gasteiger partial charge in [-0.3, -0.25) is 0 Å². The van der Waals surface area contributed by atoms with Gasteiger partial charge in [0.2, 0.25) is 5.65 Å². The third kappa shape index (κ3) is 0.806. The van der Waals surface area contributed by atoms with Gasteiger partial charge in [0.25, 0.3) is 0 Å². The summed E-state index contributed by atoms with van der Waals surface area (Å²) in [6.45, 7) is 0. The van der Waals surface area contributed by atoms with E-state index in [1.807, 2.05) is 30.3 Å². The van der Waals surface area contributed by atoms with Crippen molar-refractivity contribution >= 4 is 22.2 Å². The summed E-state index contributed by atoms with van der Waals surface area (Å²) in [7, 11) is 0. The fourth-order valence-electron chi connectivity index (χ4n) is 1.56. The Hall–Kier alpha value is -2.17. The van der Waals surface area contributed by atoms with E-state index in [1.54, 1.807) is 4.52 Å². The molecule has 0 aliphatic rings. The quantitative estimate of drug-likeness (QED) is 0.564. The van der Waals surface area contributed by atoms with Crippen LogP contribution in [0.2, 0.25) is 0 Å². The van der Waals surface area contributed by atoms with Crippen molar-refractivity contribution < 1.29 is 0 Å². The zero-order chi connectivity index (χ0) is 9.54.